The number of ether oxygens (including phenoxy) is 1. The standard InChI is InChI=1S/C15H24BrFN2O/c1-4-15(5-2,20-6-3)14(19-18)10-11-9-12(17)7-8-13(11)16/h7-9,14,19H,4-6,10,18H2,1-3H3. The van der Waals surface area contributed by atoms with Gasteiger partial charge in [0.25, 0.3) is 0 Å². The molecule has 0 fully saturated rings. The summed E-state index contributed by atoms with van der Waals surface area (Å²) in [5.41, 5.74) is 3.41. The molecular formula is C15H24BrFN2O. The Morgan fingerprint density at radius 2 is 2.00 bits per heavy atom. The fourth-order valence-corrected chi connectivity index (χ4v) is 3.06. The van der Waals surface area contributed by atoms with Gasteiger partial charge in [-0.15, -0.1) is 0 Å². The van der Waals surface area contributed by atoms with Crippen LogP contribution in [0.25, 0.3) is 0 Å². The van der Waals surface area contributed by atoms with Gasteiger partial charge in [-0.3, -0.25) is 11.3 Å². The molecular weight excluding hydrogens is 323 g/mol. The summed E-state index contributed by atoms with van der Waals surface area (Å²) in [7, 11) is 0. The van der Waals surface area contributed by atoms with Crippen molar-refractivity contribution in [1.29, 1.82) is 0 Å². The number of nitrogens with two attached hydrogens (primary N) is 1. The molecule has 0 amide bonds. The van der Waals surface area contributed by atoms with Crippen LogP contribution in [0.2, 0.25) is 0 Å². The Morgan fingerprint density at radius 1 is 1.35 bits per heavy atom. The second kappa shape index (κ2) is 8.08. The maximum absolute atomic E-state index is 13.4. The molecule has 1 atom stereocenters. The third kappa shape index (κ3) is 4.01. The summed E-state index contributed by atoms with van der Waals surface area (Å²) in [6.07, 6.45) is 2.30. The molecule has 0 aliphatic rings. The molecule has 1 aromatic rings. The summed E-state index contributed by atoms with van der Waals surface area (Å²) in [5.74, 6) is 5.50. The predicted molar refractivity (Wildman–Crippen MR) is 83.9 cm³/mol. The number of hydrazine groups is 1. The SMILES string of the molecule is CCOC(CC)(CC)C(Cc1cc(F)ccc1Br)NN. The van der Waals surface area contributed by atoms with Gasteiger partial charge in [0, 0.05) is 11.1 Å². The molecule has 0 bridgehead atoms. The van der Waals surface area contributed by atoms with E-state index >= 15 is 0 Å². The van der Waals surface area contributed by atoms with Crippen molar-refractivity contribution in [3.8, 4) is 0 Å². The fraction of sp³-hybridized carbons (Fsp3) is 0.600. The van der Waals surface area contributed by atoms with E-state index in [0.717, 1.165) is 22.9 Å². The number of rotatable bonds is 8. The minimum Gasteiger partial charge on any atom is -0.374 e. The van der Waals surface area contributed by atoms with Gasteiger partial charge in [0.05, 0.1) is 11.6 Å². The van der Waals surface area contributed by atoms with Gasteiger partial charge in [-0.25, -0.2) is 4.39 Å². The van der Waals surface area contributed by atoms with Gasteiger partial charge >= 0.3 is 0 Å². The van der Waals surface area contributed by atoms with Crippen LogP contribution in [0.4, 0.5) is 4.39 Å². The van der Waals surface area contributed by atoms with Crippen LogP contribution in [0.3, 0.4) is 0 Å². The highest BCUT2D eigenvalue weighted by atomic mass is 79.9. The first-order chi connectivity index (χ1) is 9.52. The highest BCUT2D eigenvalue weighted by molar-refractivity contribution is 9.10. The summed E-state index contributed by atoms with van der Waals surface area (Å²) < 4.78 is 20.3. The van der Waals surface area contributed by atoms with E-state index < -0.39 is 0 Å². The number of hydrogen-bond donors (Lipinski definition) is 2. The van der Waals surface area contributed by atoms with Crippen LogP contribution in [0, 0.1) is 5.82 Å². The Bertz CT molecular complexity index is 424. The third-order valence-corrected chi connectivity index (χ3v) is 4.67. The van der Waals surface area contributed by atoms with E-state index in [1.807, 2.05) is 6.92 Å². The van der Waals surface area contributed by atoms with E-state index in [1.165, 1.54) is 12.1 Å². The minimum atomic E-state index is -0.338. The number of nitrogens with one attached hydrogen (secondary N) is 1. The molecule has 0 heterocycles. The summed E-state index contributed by atoms with van der Waals surface area (Å²) in [5, 5.41) is 0. The zero-order valence-corrected chi connectivity index (χ0v) is 14.0. The lowest BCUT2D eigenvalue weighted by Gasteiger charge is -2.39. The van der Waals surface area contributed by atoms with E-state index in [9.17, 15) is 4.39 Å². The van der Waals surface area contributed by atoms with Crippen LogP contribution >= 0.6 is 15.9 Å². The molecule has 0 radical (unpaired) electrons. The first-order valence-electron chi connectivity index (χ1n) is 7.07. The Balaban J connectivity index is 3.02. The topological polar surface area (TPSA) is 47.3 Å². The molecule has 3 N–H and O–H groups in total. The van der Waals surface area contributed by atoms with Crippen LogP contribution in [0.1, 0.15) is 39.2 Å². The lowest BCUT2D eigenvalue weighted by Crippen LogP contribution is -2.55. The molecule has 5 heteroatoms. The van der Waals surface area contributed by atoms with E-state index in [2.05, 4.69) is 35.2 Å². The molecule has 0 aromatic heterocycles. The Labute approximate surface area is 129 Å². The summed E-state index contributed by atoms with van der Waals surface area (Å²) in [6, 6.07) is 4.62. The Kier molecular flexibility index (Phi) is 7.09. The first kappa shape index (κ1) is 17.6. The zero-order valence-electron chi connectivity index (χ0n) is 12.4. The average molecular weight is 347 g/mol. The van der Waals surface area contributed by atoms with Crippen LogP contribution in [0.5, 0.6) is 0 Å². The average Bonchev–Trinajstić information content (AvgIpc) is 2.46. The summed E-state index contributed by atoms with van der Waals surface area (Å²) >= 11 is 3.46. The molecule has 1 rings (SSSR count). The smallest absolute Gasteiger partial charge is 0.123 e. The van der Waals surface area contributed by atoms with Crippen molar-refractivity contribution in [1.82, 2.24) is 5.43 Å². The van der Waals surface area contributed by atoms with Gasteiger partial charge in [0.15, 0.2) is 0 Å². The number of benzene rings is 1. The molecule has 0 saturated carbocycles. The van der Waals surface area contributed by atoms with Crippen molar-refractivity contribution in [2.45, 2.75) is 51.7 Å². The highest BCUT2D eigenvalue weighted by Crippen LogP contribution is 2.29. The molecule has 114 valence electrons. The molecule has 0 spiro atoms. The van der Waals surface area contributed by atoms with Gasteiger partial charge in [-0.05, 0) is 49.9 Å². The van der Waals surface area contributed by atoms with Gasteiger partial charge < -0.3 is 4.74 Å². The fourth-order valence-electron chi connectivity index (χ4n) is 2.65. The predicted octanol–water partition coefficient (Wildman–Crippen LogP) is 3.56. The van der Waals surface area contributed by atoms with Crippen molar-refractivity contribution < 1.29 is 9.13 Å². The first-order valence-corrected chi connectivity index (χ1v) is 7.86. The Hall–Kier alpha value is -0.490. The van der Waals surface area contributed by atoms with Crippen molar-refractivity contribution in [3.63, 3.8) is 0 Å². The van der Waals surface area contributed by atoms with Crippen molar-refractivity contribution in [2.75, 3.05) is 6.61 Å². The molecule has 3 nitrogen and oxygen atoms in total. The lowest BCUT2D eigenvalue weighted by molar-refractivity contribution is -0.0720. The second-order valence-corrected chi connectivity index (χ2v) is 5.72. The van der Waals surface area contributed by atoms with Crippen LogP contribution < -0.4 is 11.3 Å². The van der Waals surface area contributed by atoms with Crippen LogP contribution in [-0.4, -0.2) is 18.2 Å². The van der Waals surface area contributed by atoms with Gasteiger partial charge in [-0.1, -0.05) is 29.8 Å². The largest absolute Gasteiger partial charge is 0.374 e. The van der Waals surface area contributed by atoms with Gasteiger partial charge in [0.2, 0.25) is 0 Å². The molecule has 0 aliphatic heterocycles. The molecule has 0 aliphatic carbocycles. The van der Waals surface area contributed by atoms with Crippen molar-refractivity contribution >= 4 is 15.9 Å². The monoisotopic (exact) mass is 346 g/mol. The molecule has 20 heavy (non-hydrogen) atoms. The van der Waals surface area contributed by atoms with Crippen LogP contribution in [-0.2, 0) is 11.2 Å². The zero-order chi connectivity index (χ0) is 15.2. The normalized spacial score (nSPS) is 13.5. The molecule has 0 saturated heterocycles. The van der Waals surface area contributed by atoms with Gasteiger partial charge in [-0.2, -0.15) is 0 Å². The summed E-state index contributed by atoms with van der Waals surface area (Å²) in [4.78, 5) is 0. The van der Waals surface area contributed by atoms with Gasteiger partial charge in [0.1, 0.15) is 5.82 Å². The van der Waals surface area contributed by atoms with Crippen molar-refractivity contribution in [2.24, 2.45) is 5.84 Å². The summed E-state index contributed by atoms with van der Waals surface area (Å²) in [6.45, 7) is 6.78. The quantitative estimate of drug-likeness (QED) is 0.558. The van der Waals surface area contributed by atoms with Crippen molar-refractivity contribution in [3.05, 3.63) is 34.1 Å². The highest BCUT2D eigenvalue weighted by Gasteiger charge is 2.36. The lowest BCUT2D eigenvalue weighted by atomic mass is 9.84. The third-order valence-electron chi connectivity index (χ3n) is 3.90. The van der Waals surface area contributed by atoms with Crippen LogP contribution in [0.15, 0.2) is 22.7 Å². The minimum absolute atomic E-state index is 0.0736. The van der Waals surface area contributed by atoms with E-state index in [1.54, 1.807) is 6.07 Å². The maximum Gasteiger partial charge on any atom is 0.123 e. The van der Waals surface area contributed by atoms with E-state index in [-0.39, 0.29) is 17.5 Å². The number of hydrogen-bond acceptors (Lipinski definition) is 3. The molecule has 1 unspecified atom stereocenters. The number of halogens is 2. The maximum atomic E-state index is 13.4. The van der Waals surface area contributed by atoms with E-state index in [4.69, 9.17) is 10.6 Å². The molecule has 1 aromatic carbocycles. The Morgan fingerprint density at radius 3 is 2.50 bits per heavy atom. The van der Waals surface area contributed by atoms with E-state index in [0.29, 0.717) is 13.0 Å². The second-order valence-electron chi connectivity index (χ2n) is 4.86.